The van der Waals surface area contributed by atoms with E-state index in [1.54, 1.807) is 0 Å². The monoisotopic (exact) mass is 252 g/mol. The van der Waals surface area contributed by atoms with E-state index in [0.29, 0.717) is 0 Å². The van der Waals surface area contributed by atoms with Crippen molar-refractivity contribution in [1.82, 2.24) is 0 Å². The van der Waals surface area contributed by atoms with E-state index >= 15 is 0 Å². The Kier molecular flexibility index (Phi) is 8.11. The van der Waals surface area contributed by atoms with Gasteiger partial charge >= 0.3 is 18.3 Å². The van der Waals surface area contributed by atoms with Crippen LogP contribution in [0.1, 0.15) is 0 Å². The highest BCUT2D eigenvalue weighted by molar-refractivity contribution is 5.73. The first-order chi connectivity index (χ1) is 8.06. The van der Waals surface area contributed by atoms with Crippen LogP contribution < -0.4 is 0 Å². The molecule has 0 saturated heterocycles. The first kappa shape index (κ1) is 15.0. The number of hydrogen-bond donors (Lipinski definition) is 2. The van der Waals surface area contributed by atoms with Crippen LogP contribution in [0.25, 0.3) is 0 Å². The van der Waals surface area contributed by atoms with Gasteiger partial charge in [0.2, 0.25) is 0 Å². The Labute approximate surface area is 95.8 Å². The Morgan fingerprint density at radius 2 is 1.53 bits per heavy atom. The topological polar surface area (TPSA) is 129 Å². The Hall–Kier alpha value is -2.03. The number of ether oxygens (including phenoxy) is 4. The van der Waals surface area contributed by atoms with Crippen LogP contribution in [0.2, 0.25) is 0 Å². The van der Waals surface area contributed by atoms with Crippen molar-refractivity contribution in [3.05, 3.63) is 0 Å². The van der Waals surface area contributed by atoms with E-state index in [0.717, 1.165) is 0 Å². The van der Waals surface area contributed by atoms with E-state index < -0.39 is 24.9 Å². The summed E-state index contributed by atoms with van der Waals surface area (Å²) in [6.07, 6.45) is -2.59. The minimum atomic E-state index is -1.48. The molecule has 0 spiro atoms. The van der Waals surface area contributed by atoms with Crippen LogP contribution in [0.4, 0.5) is 9.59 Å². The number of carbonyl (C=O) groups is 3. The third-order valence-electron chi connectivity index (χ3n) is 1.19. The predicted octanol–water partition coefficient (Wildman–Crippen LogP) is -0.630. The lowest BCUT2D eigenvalue weighted by Crippen LogP contribution is -2.20. The summed E-state index contributed by atoms with van der Waals surface area (Å²) in [5.74, 6) is -0.875. The smallest absolute Gasteiger partial charge is 0.460 e. The second kappa shape index (κ2) is 9.21. The van der Waals surface area contributed by atoms with Crippen molar-refractivity contribution in [3.63, 3.8) is 0 Å². The molecule has 0 unspecified atom stereocenters. The maximum atomic E-state index is 10.9. The van der Waals surface area contributed by atoms with E-state index in [-0.39, 0.29) is 26.4 Å². The number of aliphatic hydroxyl groups is 1. The van der Waals surface area contributed by atoms with Crippen molar-refractivity contribution in [2.24, 2.45) is 0 Å². The molecule has 0 aromatic carbocycles. The fourth-order valence-corrected chi connectivity index (χ4v) is 0.615. The Balaban J connectivity index is 3.46. The summed E-state index contributed by atoms with van der Waals surface area (Å²) in [7, 11) is 0. The first-order valence-corrected chi connectivity index (χ1v) is 4.48. The second-order valence-corrected chi connectivity index (χ2v) is 2.45. The quantitative estimate of drug-likeness (QED) is 0.345. The highest BCUT2D eigenvalue weighted by Crippen LogP contribution is 1.88. The summed E-state index contributed by atoms with van der Waals surface area (Å²) in [4.78, 5) is 31.4. The molecule has 0 rings (SSSR count). The molecule has 0 aliphatic rings. The standard InChI is InChI=1S/C8H12O9/c9-1-2-16-8(13)17-5-6(10)14-3-4-15-7(11)12/h9H,1-5H2,(H,11,12). The van der Waals surface area contributed by atoms with Crippen molar-refractivity contribution < 1.29 is 43.5 Å². The molecular formula is C8H12O9. The first-order valence-electron chi connectivity index (χ1n) is 4.48. The van der Waals surface area contributed by atoms with Crippen LogP contribution in [0.15, 0.2) is 0 Å². The van der Waals surface area contributed by atoms with Crippen molar-refractivity contribution in [2.45, 2.75) is 0 Å². The van der Waals surface area contributed by atoms with Gasteiger partial charge in [-0.25, -0.2) is 14.4 Å². The molecule has 0 atom stereocenters. The van der Waals surface area contributed by atoms with Gasteiger partial charge in [0, 0.05) is 0 Å². The number of carboxylic acid groups (broad SMARTS) is 1. The largest absolute Gasteiger partial charge is 0.508 e. The van der Waals surface area contributed by atoms with Crippen LogP contribution in [0, 0.1) is 0 Å². The zero-order valence-electron chi connectivity index (χ0n) is 8.79. The maximum absolute atomic E-state index is 10.9. The molecule has 0 aliphatic carbocycles. The highest BCUT2D eigenvalue weighted by atomic mass is 16.7. The normalized spacial score (nSPS) is 9.24. The van der Waals surface area contributed by atoms with Crippen LogP contribution in [0.3, 0.4) is 0 Å². The molecule has 0 amide bonds. The van der Waals surface area contributed by atoms with Gasteiger partial charge in [-0.1, -0.05) is 0 Å². The predicted molar refractivity (Wildman–Crippen MR) is 49.3 cm³/mol. The van der Waals surface area contributed by atoms with Gasteiger partial charge in [0.1, 0.15) is 19.8 Å². The van der Waals surface area contributed by atoms with E-state index in [1.165, 1.54) is 0 Å². The molecule has 0 fully saturated rings. The lowest BCUT2D eigenvalue weighted by atomic mass is 10.7. The van der Waals surface area contributed by atoms with Crippen molar-refractivity contribution in [3.8, 4) is 0 Å². The van der Waals surface area contributed by atoms with E-state index in [9.17, 15) is 14.4 Å². The zero-order chi connectivity index (χ0) is 13.1. The van der Waals surface area contributed by atoms with Gasteiger partial charge in [-0.15, -0.1) is 0 Å². The molecule has 2 N–H and O–H groups in total. The van der Waals surface area contributed by atoms with Gasteiger partial charge in [0.05, 0.1) is 6.61 Å². The van der Waals surface area contributed by atoms with E-state index in [1.807, 2.05) is 0 Å². The lowest BCUT2D eigenvalue weighted by molar-refractivity contribution is -0.149. The summed E-state index contributed by atoms with van der Waals surface area (Å²) in [6.45, 7) is -1.85. The lowest BCUT2D eigenvalue weighted by Gasteiger charge is -2.05. The molecule has 9 heteroatoms. The Bertz CT molecular complexity index is 262. The fraction of sp³-hybridized carbons (Fsp3) is 0.625. The van der Waals surface area contributed by atoms with Crippen LogP contribution in [-0.4, -0.2) is 61.5 Å². The second-order valence-electron chi connectivity index (χ2n) is 2.45. The maximum Gasteiger partial charge on any atom is 0.508 e. The Morgan fingerprint density at radius 3 is 2.12 bits per heavy atom. The van der Waals surface area contributed by atoms with Gasteiger partial charge in [-0.05, 0) is 0 Å². The van der Waals surface area contributed by atoms with E-state index in [2.05, 4.69) is 18.9 Å². The van der Waals surface area contributed by atoms with Crippen molar-refractivity contribution in [1.29, 1.82) is 0 Å². The summed E-state index contributed by atoms with van der Waals surface area (Å²) in [6, 6.07) is 0. The number of aliphatic hydroxyl groups excluding tert-OH is 1. The molecule has 0 aromatic heterocycles. The van der Waals surface area contributed by atoms with E-state index in [4.69, 9.17) is 10.2 Å². The summed E-state index contributed by atoms with van der Waals surface area (Å²) in [5.41, 5.74) is 0. The minimum absolute atomic E-state index is 0.236. The third kappa shape index (κ3) is 10.3. The molecule has 0 aromatic rings. The van der Waals surface area contributed by atoms with Gasteiger partial charge < -0.3 is 29.2 Å². The highest BCUT2D eigenvalue weighted by Gasteiger charge is 2.09. The third-order valence-corrected chi connectivity index (χ3v) is 1.19. The molecule has 0 saturated carbocycles. The number of rotatable bonds is 7. The minimum Gasteiger partial charge on any atom is -0.460 e. The average Bonchev–Trinajstić information content (AvgIpc) is 2.29. The van der Waals surface area contributed by atoms with Gasteiger partial charge in [0.25, 0.3) is 0 Å². The number of hydrogen-bond acceptors (Lipinski definition) is 8. The van der Waals surface area contributed by atoms with Gasteiger partial charge in [-0.3, -0.25) is 0 Å². The summed E-state index contributed by atoms with van der Waals surface area (Å²) in [5, 5.41) is 16.4. The molecule has 0 bridgehead atoms. The summed E-state index contributed by atoms with van der Waals surface area (Å²) >= 11 is 0. The number of carbonyl (C=O) groups excluding carboxylic acids is 2. The number of esters is 1. The average molecular weight is 252 g/mol. The van der Waals surface area contributed by atoms with Crippen LogP contribution >= 0.6 is 0 Å². The SMILES string of the molecule is O=C(O)OCCOC(=O)COC(=O)OCCO. The van der Waals surface area contributed by atoms with Crippen molar-refractivity contribution >= 4 is 18.3 Å². The molecular weight excluding hydrogens is 240 g/mol. The molecule has 0 aliphatic heterocycles. The Morgan fingerprint density at radius 1 is 0.882 bits per heavy atom. The van der Waals surface area contributed by atoms with Crippen molar-refractivity contribution in [2.75, 3.05) is 33.0 Å². The summed E-state index contributed by atoms with van der Waals surface area (Å²) < 4.78 is 17.0. The molecule has 98 valence electrons. The fourth-order valence-electron chi connectivity index (χ4n) is 0.615. The van der Waals surface area contributed by atoms with Gasteiger partial charge in [-0.2, -0.15) is 0 Å². The molecule has 0 heterocycles. The molecule has 0 radical (unpaired) electrons. The van der Waals surface area contributed by atoms with Crippen LogP contribution in [0.5, 0.6) is 0 Å². The van der Waals surface area contributed by atoms with Gasteiger partial charge in [0.15, 0.2) is 6.61 Å². The van der Waals surface area contributed by atoms with Crippen LogP contribution in [-0.2, 0) is 23.7 Å². The molecule has 9 nitrogen and oxygen atoms in total. The molecule has 17 heavy (non-hydrogen) atoms. The zero-order valence-corrected chi connectivity index (χ0v) is 8.79.